The van der Waals surface area contributed by atoms with Crippen molar-refractivity contribution in [1.29, 1.82) is 0 Å². The molecule has 0 fully saturated rings. The summed E-state index contributed by atoms with van der Waals surface area (Å²) in [6, 6.07) is 13.1. The number of aryl methyl sites for hydroxylation is 1. The third kappa shape index (κ3) is 3.05. The van der Waals surface area contributed by atoms with E-state index >= 15 is 0 Å². The molecule has 3 aromatic rings. The Bertz CT molecular complexity index is 800. The van der Waals surface area contributed by atoms with Crippen molar-refractivity contribution in [3.05, 3.63) is 52.5 Å². The van der Waals surface area contributed by atoms with E-state index in [9.17, 15) is 0 Å². The number of halogens is 2. The summed E-state index contributed by atoms with van der Waals surface area (Å²) in [5.41, 5.74) is 2.58. The van der Waals surface area contributed by atoms with Crippen LogP contribution >= 0.6 is 23.2 Å². The highest BCUT2D eigenvalue weighted by atomic mass is 35.5. The largest absolute Gasteiger partial charge is 0.355 e. The lowest BCUT2D eigenvalue weighted by molar-refractivity contribution is 0.553. The van der Waals surface area contributed by atoms with Crippen LogP contribution in [0.15, 0.2) is 42.5 Å². The Morgan fingerprint density at radius 1 is 1.09 bits per heavy atom. The van der Waals surface area contributed by atoms with Gasteiger partial charge in [-0.25, -0.2) is 0 Å². The number of aromatic nitrogens is 4. The van der Waals surface area contributed by atoms with E-state index in [1.165, 1.54) is 0 Å². The Hall–Kier alpha value is -2.11. The van der Waals surface area contributed by atoms with Crippen LogP contribution in [-0.4, -0.2) is 20.2 Å². The maximum atomic E-state index is 6.05. The van der Waals surface area contributed by atoms with Gasteiger partial charge in [0.15, 0.2) is 0 Å². The minimum absolute atomic E-state index is 0.499. The number of benzene rings is 2. The van der Waals surface area contributed by atoms with E-state index in [0.717, 1.165) is 16.9 Å². The lowest BCUT2D eigenvalue weighted by Gasteiger charge is -2.10. The van der Waals surface area contributed by atoms with Crippen molar-refractivity contribution >= 4 is 34.6 Å². The van der Waals surface area contributed by atoms with Gasteiger partial charge in [0.2, 0.25) is 5.82 Å². The molecule has 112 valence electrons. The van der Waals surface area contributed by atoms with Crippen molar-refractivity contribution < 1.29 is 0 Å². The number of tetrazole rings is 1. The predicted octanol–water partition coefficient (Wildman–Crippen LogP) is 4.41. The standard InChI is InChI=1S/C15H13Cl2N5/c1-2-22-20-15(19-21-22)11-5-3-4-6-14(11)18-10-7-8-12(16)13(17)9-10/h3-9,18H,2H2,1H3. The Kier molecular flexibility index (Phi) is 4.27. The van der Waals surface area contributed by atoms with Crippen LogP contribution < -0.4 is 5.32 Å². The smallest absolute Gasteiger partial charge is 0.207 e. The van der Waals surface area contributed by atoms with Gasteiger partial charge in [0, 0.05) is 16.9 Å². The van der Waals surface area contributed by atoms with E-state index in [-0.39, 0.29) is 0 Å². The lowest BCUT2D eigenvalue weighted by atomic mass is 10.1. The Labute approximate surface area is 137 Å². The molecule has 0 aliphatic rings. The third-order valence-corrected chi connectivity index (χ3v) is 3.84. The molecule has 0 aliphatic carbocycles. The molecule has 7 heteroatoms. The van der Waals surface area contributed by atoms with Gasteiger partial charge >= 0.3 is 0 Å². The molecule has 0 atom stereocenters. The normalized spacial score (nSPS) is 10.7. The fraction of sp³-hybridized carbons (Fsp3) is 0.133. The van der Waals surface area contributed by atoms with Gasteiger partial charge in [0.05, 0.1) is 16.6 Å². The molecule has 1 N–H and O–H groups in total. The van der Waals surface area contributed by atoms with Crippen molar-refractivity contribution in [2.24, 2.45) is 0 Å². The molecule has 0 aliphatic heterocycles. The second-order valence-corrected chi connectivity index (χ2v) is 5.42. The van der Waals surface area contributed by atoms with Gasteiger partial charge in [-0.1, -0.05) is 35.3 Å². The number of hydrogen-bond acceptors (Lipinski definition) is 4. The van der Waals surface area contributed by atoms with E-state index in [4.69, 9.17) is 23.2 Å². The van der Waals surface area contributed by atoms with Crippen LogP contribution in [0.25, 0.3) is 11.4 Å². The van der Waals surface area contributed by atoms with Crippen LogP contribution in [0, 0.1) is 0 Å². The predicted molar refractivity (Wildman–Crippen MR) is 88.7 cm³/mol. The van der Waals surface area contributed by atoms with E-state index in [2.05, 4.69) is 20.7 Å². The van der Waals surface area contributed by atoms with Gasteiger partial charge in [-0.15, -0.1) is 10.2 Å². The second kappa shape index (κ2) is 6.34. The molecule has 0 bridgehead atoms. The van der Waals surface area contributed by atoms with E-state index in [0.29, 0.717) is 22.4 Å². The number of nitrogens with one attached hydrogen (secondary N) is 1. The summed E-state index contributed by atoms with van der Waals surface area (Å²) in [6.45, 7) is 2.64. The van der Waals surface area contributed by atoms with Gasteiger partial charge < -0.3 is 5.32 Å². The molecule has 0 saturated heterocycles. The number of nitrogens with zero attached hydrogens (tertiary/aromatic N) is 4. The van der Waals surface area contributed by atoms with Crippen LogP contribution in [0.3, 0.4) is 0 Å². The average molecular weight is 334 g/mol. The molecule has 1 heterocycles. The van der Waals surface area contributed by atoms with E-state index < -0.39 is 0 Å². The van der Waals surface area contributed by atoms with Crippen molar-refractivity contribution in [2.45, 2.75) is 13.5 Å². The van der Waals surface area contributed by atoms with Crippen LogP contribution in [0.5, 0.6) is 0 Å². The highest BCUT2D eigenvalue weighted by Crippen LogP contribution is 2.30. The summed E-state index contributed by atoms with van der Waals surface area (Å²) in [6.07, 6.45) is 0. The van der Waals surface area contributed by atoms with Gasteiger partial charge in [0.25, 0.3) is 0 Å². The molecular formula is C15H13Cl2N5. The monoisotopic (exact) mass is 333 g/mol. The molecule has 0 unspecified atom stereocenters. The fourth-order valence-electron chi connectivity index (χ4n) is 2.00. The van der Waals surface area contributed by atoms with Gasteiger partial charge in [-0.05, 0) is 42.5 Å². The number of anilines is 2. The first-order chi connectivity index (χ1) is 10.7. The van der Waals surface area contributed by atoms with Crippen LogP contribution in [0.2, 0.25) is 10.0 Å². The highest BCUT2D eigenvalue weighted by molar-refractivity contribution is 6.42. The first kappa shape index (κ1) is 14.8. The molecule has 0 amide bonds. The zero-order valence-corrected chi connectivity index (χ0v) is 13.3. The zero-order valence-electron chi connectivity index (χ0n) is 11.8. The van der Waals surface area contributed by atoms with Gasteiger partial charge in [-0.3, -0.25) is 0 Å². The first-order valence-electron chi connectivity index (χ1n) is 6.76. The van der Waals surface area contributed by atoms with Crippen molar-refractivity contribution in [2.75, 3.05) is 5.32 Å². The Morgan fingerprint density at radius 3 is 2.64 bits per heavy atom. The summed E-state index contributed by atoms with van der Waals surface area (Å²) >= 11 is 12.0. The van der Waals surface area contributed by atoms with Crippen molar-refractivity contribution in [1.82, 2.24) is 20.2 Å². The molecule has 22 heavy (non-hydrogen) atoms. The molecule has 1 aromatic heterocycles. The SMILES string of the molecule is CCn1nnc(-c2ccccc2Nc2ccc(Cl)c(Cl)c2)n1. The summed E-state index contributed by atoms with van der Waals surface area (Å²) in [4.78, 5) is 1.55. The summed E-state index contributed by atoms with van der Waals surface area (Å²) < 4.78 is 0. The van der Waals surface area contributed by atoms with E-state index in [1.54, 1.807) is 16.9 Å². The number of rotatable bonds is 4. The van der Waals surface area contributed by atoms with Crippen LogP contribution in [0.1, 0.15) is 6.92 Å². The van der Waals surface area contributed by atoms with Gasteiger partial charge in [-0.2, -0.15) is 4.80 Å². The molecule has 5 nitrogen and oxygen atoms in total. The lowest BCUT2D eigenvalue weighted by Crippen LogP contribution is -1.98. The minimum atomic E-state index is 0.499. The number of hydrogen-bond donors (Lipinski definition) is 1. The molecule has 2 aromatic carbocycles. The molecule has 0 spiro atoms. The summed E-state index contributed by atoms with van der Waals surface area (Å²) in [7, 11) is 0. The summed E-state index contributed by atoms with van der Waals surface area (Å²) in [5, 5.41) is 16.7. The third-order valence-electron chi connectivity index (χ3n) is 3.10. The molecule has 3 rings (SSSR count). The second-order valence-electron chi connectivity index (χ2n) is 4.60. The van der Waals surface area contributed by atoms with E-state index in [1.807, 2.05) is 37.3 Å². The van der Waals surface area contributed by atoms with Crippen LogP contribution in [-0.2, 0) is 6.54 Å². The maximum absolute atomic E-state index is 6.05. The topological polar surface area (TPSA) is 55.6 Å². The first-order valence-corrected chi connectivity index (χ1v) is 7.52. The Balaban J connectivity index is 1.95. The number of para-hydroxylation sites is 1. The fourth-order valence-corrected chi connectivity index (χ4v) is 2.30. The van der Waals surface area contributed by atoms with Crippen LogP contribution in [0.4, 0.5) is 11.4 Å². The molecule has 0 saturated carbocycles. The van der Waals surface area contributed by atoms with Crippen molar-refractivity contribution in [3.8, 4) is 11.4 Å². The maximum Gasteiger partial charge on any atom is 0.207 e. The quantitative estimate of drug-likeness (QED) is 0.768. The highest BCUT2D eigenvalue weighted by Gasteiger charge is 2.11. The van der Waals surface area contributed by atoms with Crippen molar-refractivity contribution in [3.63, 3.8) is 0 Å². The minimum Gasteiger partial charge on any atom is -0.355 e. The summed E-state index contributed by atoms with van der Waals surface area (Å²) in [5.74, 6) is 0.574. The van der Waals surface area contributed by atoms with Gasteiger partial charge in [0.1, 0.15) is 0 Å². The average Bonchev–Trinajstić information content (AvgIpc) is 3.00. The zero-order chi connectivity index (χ0) is 15.5. The molecule has 0 radical (unpaired) electrons. The molecular weight excluding hydrogens is 321 g/mol. The Morgan fingerprint density at radius 2 is 1.91 bits per heavy atom.